The van der Waals surface area contributed by atoms with Crippen molar-refractivity contribution in [1.29, 1.82) is 0 Å². The largest absolute Gasteiger partial charge is 0.452 e. The summed E-state index contributed by atoms with van der Waals surface area (Å²) in [6.07, 6.45) is 1.93. The van der Waals surface area contributed by atoms with Gasteiger partial charge in [-0.1, -0.05) is 0 Å². The van der Waals surface area contributed by atoms with Gasteiger partial charge >= 0.3 is 5.97 Å². The average molecular weight is 378 g/mol. The summed E-state index contributed by atoms with van der Waals surface area (Å²) < 4.78 is 5.05. The van der Waals surface area contributed by atoms with Crippen LogP contribution >= 0.6 is 0 Å². The van der Waals surface area contributed by atoms with E-state index >= 15 is 0 Å². The molecule has 10 nitrogen and oxygen atoms in total. The summed E-state index contributed by atoms with van der Waals surface area (Å²) in [7, 11) is 2.86. The van der Waals surface area contributed by atoms with Gasteiger partial charge in [0.15, 0.2) is 6.61 Å². The van der Waals surface area contributed by atoms with Gasteiger partial charge < -0.3 is 19.9 Å². The van der Waals surface area contributed by atoms with Gasteiger partial charge in [0.1, 0.15) is 0 Å². The van der Waals surface area contributed by atoms with Crippen molar-refractivity contribution in [3.63, 3.8) is 0 Å². The maximum atomic E-state index is 12.5. The number of amides is 2. The number of ether oxygens (including phenoxy) is 1. The number of carbonyl (C=O) groups is 3. The highest BCUT2D eigenvalue weighted by Crippen LogP contribution is 2.28. The molecular formula is C17H22N4O6. The summed E-state index contributed by atoms with van der Waals surface area (Å²) in [5, 5.41) is 13.4. The van der Waals surface area contributed by atoms with E-state index in [9.17, 15) is 24.5 Å². The van der Waals surface area contributed by atoms with Crippen LogP contribution in [0.25, 0.3) is 0 Å². The second kappa shape index (κ2) is 8.97. The van der Waals surface area contributed by atoms with E-state index < -0.39 is 23.4 Å². The van der Waals surface area contributed by atoms with Crippen LogP contribution in [-0.2, 0) is 14.3 Å². The van der Waals surface area contributed by atoms with Crippen molar-refractivity contribution in [2.45, 2.75) is 12.8 Å². The normalized spacial score (nSPS) is 13.2. The van der Waals surface area contributed by atoms with E-state index in [1.807, 2.05) is 4.90 Å². The summed E-state index contributed by atoms with van der Waals surface area (Å²) in [5.41, 5.74) is 0.370. The van der Waals surface area contributed by atoms with Crippen molar-refractivity contribution in [3.8, 4) is 0 Å². The first-order chi connectivity index (χ1) is 12.8. The topological polar surface area (TPSA) is 122 Å². The third kappa shape index (κ3) is 5.16. The molecule has 0 radical (unpaired) electrons. The minimum Gasteiger partial charge on any atom is -0.452 e. The van der Waals surface area contributed by atoms with Gasteiger partial charge in [-0.25, -0.2) is 4.79 Å². The third-order valence-corrected chi connectivity index (χ3v) is 4.27. The molecule has 27 heavy (non-hydrogen) atoms. The number of hydrogen-bond acceptors (Lipinski definition) is 7. The fourth-order valence-electron chi connectivity index (χ4n) is 2.73. The summed E-state index contributed by atoms with van der Waals surface area (Å²) in [6.45, 7) is 0.759. The number of nitro groups is 1. The Morgan fingerprint density at radius 1 is 1.30 bits per heavy atom. The van der Waals surface area contributed by atoms with Crippen LogP contribution < -0.4 is 10.2 Å². The van der Waals surface area contributed by atoms with Gasteiger partial charge in [-0.3, -0.25) is 19.7 Å². The quantitative estimate of drug-likeness (QED) is 0.418. The number of carbonyl (C=O) groups excluding carboxylic acids is 3. The molecule has 1 aromatic carbocycles. The van der Waals surface area contributed by atoms with Gasteiger partial charge in [0.25, 0.3) is 11.6 Å². The number of hydrogen-bond donors (Lipinski definition) is 1. The van der Waals surface area contributed by atoms with Crippen LogP contribution in [0.15, 0.2) is 18.2 Å². The molecule has 0 atom stereocenters. The zero-order valence-electron chi connectivity index (χ0n) is 15.3. The highest BCUT2D eigenvalue weighted by atomic mass is 16.6. The lowest BCUT2D eigenvalue weighted by molar-refractivity contribution is -0.384. The van der Waals surface area contributed by atoms with Crippen molar-refractivity contribution >= 4 is 29.2 Å². The molecule has 1 fully saturated rings. The Kier molecular flexibility index (Phi) is 6.69. The van der Waals surface area contributed by atoms with Crippen LogP contribution in [-0.4, -0.2) is 67.9 Å². The monoisotopic (exact) mass is 378 g/mol. The molecule has 1 N–H and O–H groups in total. The second-order valence-corrected chi connectivity index (χ2v) is 6.15. The predicted molar refractivity (Wildman–Crippen MR) is 96.5 cm³/mol. The first-order valence-electron chi connectivity index (χ1n) is 8.48. The Morgan fingerprint density at radius 2 is 1.96 bits per heavy atom. The van der Waals surface area contributed by atoms with Crippen molar-refractivity contribution in [2.24, 2.45) is 0 Å². The van der Waals surface area contributed by atoms with Crippen molar-refractivity contribution in [3.05, 3.63) is 33.9 Å². The highest BCUT2D eigenvalue weighted by Gasteiger charge is 2.24. The van der Waals surface area contributed by atoms with Gasteiger partial charge in [0.05, 0.1) is 22.7 Å². The Labute approximate surface area is 156 Å². The minimum atomic E-state index is -0.817. The number of esters is 1. The molecule has 0 aromatic heterocycles. The summed E-state index contributed by atoms with van der Waals surface area (Å²) in [6, 6.07) is 4.03. The number of benzene rings is 1. The lowest BCUT2D eigenvalue weighted by Gasteiger charge is -2.21. The Balaban J connectivity index is 2.11. The van der Waals surface area contributed by atoms with E-state index in [0.29, 0.717) is 5.69 Å². The Hall–Kier alpha value is -3.17. The first kappa shape index (κ1) is 20.1. The lowest BCUT2D eigenvalue weighted by Crippen LogP contribution is -2.39. The van der Waals surface area contributed by atoms with E-state index in [2.05, 4.69) is 5.32 Å². The molecule has 146 valence electrons. The summed E-state index contributed by atoms with van der Waals surface area (Å²) >= 11 is 0. The van der Waals surface area contributed by atoms with Gasteiger partial charge in [-0.15, -0.1) is 0 Å². The molecule has 1 aromatic rings. The Morgan fingerprint density at radius 3 is 2.56 bits per heavy atom. The number of rotatable bonds is 7. The smallest absolute Gasteiger partial charge is 0.341 e. The summed E-state index contributed by atoms with van der Waals surface area (Å²) in [5.74, 6) is -1.73. The molecule has 0 unspecified atom stereocenters. The zero-order chi connectivity index (χ0) is 20.0. The van der Waals surface area contributed by atoms with Crippen LogP contribution in [0, 0.1) is 10.1 Å². The molecule has 0 spiro atoms. The van der Waals surface area contributed by atoms with Crippen molar-refractivity contribution in [1.82, 2.24) is 10.2 Å². The third-order valence-electron chi connectivity index (χ3n) is 4.27. The van der Waals surface area contributed by atoms with Gasteiger partial charge in [0.2, 0.25) is 5.91 Å². The van der Waals surface area contributed by atoms with Gasteiger partial charge in [-0.2, -0.15) is 0 Å². The fourth-order valence-corrected chi connectivity index (χ4v) is 2.73. The molecule has 0 bridgehead atoms. The van der Waals surface area contributed by atoms with E-state index in [0.717, 1.165) is 36.9 Å². The second-order valence-electron chi connectivity index (χ2n) is 6.15. The zero-order valence-corrected chi connectivity index (χ0v) is 15.3. The van der Waals surface area contributed by atoms with Gasteiger partial charge in [0, 0.05) is 39.3 Å². The molecule has 10 heteroatoms. The number of likely N-dealkylation sites (N-methyl/N-ethyl adjacent to an activating group) is 2. The molecule has 0 aliphatic carbocycles. The highest BCUT2D eigenvalue weighted by molar-refractivity contribution is 5.98. The molecule has 1 saturated heterocycles. The van der Waals surface area contributed by atoms with E-state index in [4.69, 9.17) is 4.74 Å². The molecule has 1 heterocycles. The van der Waals surface area contributed by atoms with Gasteiger partial charge in [-0.05, 0) is 18.9 Å². The van der Waals surface area contributed by atoms with Crippen molar-refractivity contribution in [2.75, 3.05) is 45.2 Å². The maximum absolute atomic E-state index is 12.5. The van der Waals surface area contributed by atoms with Crippen LogP contribution in [0.1, 0.15) is 23.2 Å². The molecule has 1 aliphatic heterocycles. The molecule has 2 rings (SSSR count). The van der Waals surface area contributed by atoms with E-state index in [1.54, 1.807) is 0 Å². The molecule has 2 amide bonds. The maximum Gasteiger partial charge on any atom is 0.341 e. The molecular weight excluding hydrogens is 356 g/mol. The first-order valence-corrected chi connectivity index (χ1v) is 8.48. The van der Waals surface area contributed by atoms with E-state index in [1.165, 1.54) is 26.2 Å². The number of nitrogens with zero attached hydrogens (tertiary/aromatic N) is 3. The number of nitro benzene ring substituents is 1. The predicted octanol–water partition coefficient (Wildman–Crippen LogP) is 0.556. The van der Waals surface area contributed by atoms with Crippen LogP contribution in [0.5, 0.6) is 0 Å². The number of non-ortho nitro benzene ring substituents is 1. The molecule has 0 saturated carbocycles. The van der Waals surface area contributed by atoms with Crippen LogP contribution in [0.2, 0.25) is 0 Å². The fraction of sp³-hybridized carbons (Fsp3) is 0.471. The van der Waals surface area contributed by atoms with Crippen LogP contribution in [0.3, 0.4) is 0 Å². The number of anilines is 1. The number of nitrogens with one attached hydrogen (secondary N) is 1. The molecule has 1 aliphatic rings. The Bertz CT molecular complexity index is 745. The van der Waals surface area contributed by atoms with Crippen molar-refractivity contribution < 1.29 is 24.0 Å². The lowest BCUT2D eigenvalue weighted by atomic mass is 10.1. The average Bonchev–Trinajstić information content (AvgIpc) is 3.19. The SMILES string of the molecule is CNC(=O)CN(C)C(=O)COC(=O)c1cc([N+](=O)[O-])ccc1N1CCCC1. The van der Waals surface area contributed by atoms with E-state index in [-0.39, 0.29) is 23.7 Å². The summed E-state index contributed by atoms with van der Waals surface area (Å²) in [4.78, 5) is 49.3. The standard InChI is InChI=1S/C17H22N4O6/c1-18-15(22)10-19(2)16(23)11-27-17(24)13-9-12(21(25)26)5-6-14(13)20-7-3-4-8-20/h5-6,9H,3-4,7-8,10-11H2,1-2H3,(H,18,22). The minimum absolute atomic E-state index is 0.0489. The van der Waals surface area contributed by atoms with Crippen LogP contribution in [0.4, 0.5) is 11.4 Å².